The van der Waals surface area contributed by atoms with Gasteiger partial charge < -0.3 is 25.4 Å². The van der Waals surface area contributed by atoms with E-state index in [-0.39, 0.29) is 17.9 Å². The zero-order valence-electron chi connectivity index (χ0n) is 16.5. The number of nitrogens with zero attached hydrogens (tertiary/aromatic N) is 1. The SMILES string of the molecule is CCN(CC)CCNC(=O)c1cc(Cl)c(N)cc1OC(C)C(C)COC. The van der Waals surface area contributed by atoms with Gasteiger partial charge in [-0.05, 0) is 26.1 Å². The van der Waals surface area contributed by atoms with E-state index in [9.17, 15) is 4.79 Å². The number of hydrogen-bond donors (Lipinski definition) is 2. The van der Waals surface area contributed by atoms with Gasteiger partial charge in [0.15, 0.2) is 0 Å². The normalized spacial score (nSPS) is 13.5. The molecule has 0 aliphatic heterocycles. The number of nitrogens with one attached hydrogen (secondary N) is 1. The minimum absolute atomic E-state index is 0.141. The number of likely N-dealkylation sites (N-methyl/N-ethyl adjacent to an activating group) is 1. The summed E-state index contributed by atoms with van der Waals surface area (Å²) in [5, 5.41) is 3.26. The Morgan fingerprint density at radius 3 is 2.54 bits per heavy atom. The summed E-state index contributed by atoms with van der Waals surface area (Å²) in [6.45, 7) is 12.0. The predicted molar refractivity (Wildman–Crippen MR) is 107 cm³/mol. The lowest BCUT2D eigenvalue weighted by molar-refractivity contribution is 0.0803. The summed E-state index contributed by atoms with van der Waals surface area (Å²) >= 11 is 6.12. The molecule has 0 saturated carbocycles. The molecule has 0 fully saturated rings. The highest BCUT2D eigenvalue weighted by Gasteiger charge is 2.20. The Hall–Kier alpha value is -1.50. The Morgan fingerprint density at radius 2 is 1.96 bits per heavy atom. The van der Waals surface area contributed by atoms with Gasteiger partial charge >= 0.3 is 0 Å². The molecule has 0 aliphatic carbocycles. The molecule has 1 rings (SSSR count). The second-order valence-corrected chi connectivity index (χ2v) is 6.82. The highest BCUT2D eigenvalue weighted by Crippen LogP contribution is 2.30. The summed E-state index contributed by atoms with van der Waals surface area (Å²) in [6, 6.07) is 3.17. The first-order valence-electron chi connectivity index (χ1n) is 9.09. The van der Waals surface area contributed by atoms with Crippen molar-refractivity contribution in [2.45, 2.75) is 33.8 Å². The fourth-order valence-electron chi connectivity index (χ4n) is 2.52. The molecule has 0 spiro atoms. The number of hydrogen-bond acceptors (Lipinski definition) is 5. The average Bonchev–Trinajstić information content (AvgIpc) is 2.61. The van der Waals surface area contributed by atoms with Crippen LogP contribution in [0.25, 0.3) is 0 Å². The molecule has 0 bridgehead atoms. The molecule has 3 N–H and O–H groups in total. The molecular formula is C19H32ClN3O3. The summed E-state index contributed by atoms with van der Waals surface area (Å²) in [6.07, 6.45) is -0.141. The van der Waals surface area contributed by atoms with Crippen molar-refractivity contribution >= 4 is 23.2 Å². The van der Waals surface area contributed by atoms with E-state index in [1.807, 2.05) is 13.8 Å². The number of ether oxygens (including phenoxy) is 2. The van der Waals surface area contributed by atoms with E-state index in [1.165, 1.54) is 0 Å². The summed E-state index contributed by atoms with van der Waals surface area (Å²) in [5.41, 5.74) is 6.67. The lowest BCUT2D eigenvalue weighted by Gasteiger charge is -2.23. The van der Waals surface area contributed by atoms with Crippen LogP contribution in [-0.2, 0) is 4.74 Å². The third-order valence-electron chi connectivity index (χ3n) is 4.50. The van der Waals surface area contributed by atoms with Gasteiger partial charge in [0.1, 0.15) is 11.9 Å². The van der Waals surface area contributed by atoms with Crippen molar-refractivity contribution in [1.29, 1.82) is 0 Å². The Labute approximate surface area is 162 Å². The topological polar surface area (TPSA) is 76.8 Å². The van der Waals surface area contributed by atoms with Crippen LogP contribution in [0.5, 0.6) is 5.75 Å². The van der Waals surface area contributed by atoms with E-state index in [2.05, 4.69) is 24.1 Å². The van der Waals surface area contributed by atoms with Crippen molar-refractivity contribution in [1.82, 2.24) is 10.2 Å². The summed E-state index contributed by atoms with van der Waals surface area (Å²) in [7, 11) is 1.65. The standard InChI is InChI=1S/C19H32ClN3O3/c1-6-23(7-2)9-8-22-19(24)15-10-16(20)17(21)11-18(15)26-14(4)13(3)12-25-5/h10-11,13-14H,6-9,12,21H2,1-5H3,(H,22,24). The van der Waals surface area contributed by atoms with E-state index in [4.69, 9.17) is 26.8 Å². The molecule has 0 heterocycles. The first-order valence-corrected chi connectivity index (χ1v) is 9.46. The first kappa shape index (κ1) is 22.5. The van der Waals surface area contributed by atoms with Crippen molar-refractivity contribution in [3.05, 3.63) is 22.7 Å². The predicted octanol–water partition coefficient (Wildman–Crippen LogP) is 3.04. The van der Waals surface area contributed by atoms with E-state index >= 15 is 0 Å². The Bertz CT molecular complexity index is 579. The number of anilines is 1. The van der Waals surface area contributed by atoms with E-state index in [0.29, 0.717) is 35.2 Å². The van der Waals surface area contributed by atoms with Gasteiger partial charge in [-0.25, -0.2) is 0 Å². The van der Waals surface area contributed by atoms with Gasteiger partial charge in [0, 0.05) is 32.2 Å². The minimum Gasteiger partial charge on any atom is -0.489 e. The molecule has 26 heavy (non-hydrogen) atoms. The number of nitrogen functional groups attached to an aromatic ring is 1. The van der Waals surface area contributed by atoms with E-state index in [0.717, 1.165) is 19.6 Å². The Kier molecular flexibility index (Phi) is 9.76. The van der Waals surface area contributed by atoms with Crippen molar-refractivity contribution in [2.75, 3.05) is 45.6 Å². The van der Waals surface area contributed by atoms with Crippen molar-refractivity contribution in [3.8, 4) is 5.75 Å². The number of carbonyl (C=O) groups excluding carboxylic acids is 1. The maximum Gasteiger partial charge on any atom is 0.255 e. The maximum atomic E-state index is 12.6. The fraction of sp³-hybridized carbons (Fsp3) is 0.632. The smallest absolute Gasteiger partial charge is 0.255 e. The van der Waals surface area contributed by atoms with Crippen LogP contribution in [0.2, 0.25) is 5.02 Å². The second kappa shape index (κ2) is 11.3. The number of rotatable bonds is 11. The van der Waals surface area contributed by atoms with Gasteiger partial charge in [0.25, 0.3) is 5.91 Å². The van der Waals surface area contributed by atoms with Crippen molar-refractivity contribution < 1.29 is 14.3 Å². The third-order valence-corrected chi connectivity index (χ3v) is 4.82. The highest BCUT2D eigenvalue weighted by molar-refractivity contribution is 6.33. The van der Waals surface area contributed by atoms with Gasteiger partial charge in [0.2, 0.25) is 0 Å². The number of methoxy groups -OCH3 is 1. The number of benzene rings is 1. The van der Waals surface area contributed by atoms with Crippen LogP contribution in [0.3, 0.4) is 0 Å². The maximum absolute atomic E-state index is 12.6. The van der Waals surface area contributed by atoms with Gasteiger partial charge in [-0.2, -0.15) is 0 Å². The molecule has 2 unspecified atom stereocenters. The molecule has 2 atom stereocenters. The van der Waals surface area contributed by atoms with E-state index < -0.39 is 0 Å². The third kappa shape index (κ3) is 6.67. The minimum atomic E-state index is -0.222. The monoisotopic (exact) mass is 385 g/mol. The summed E-state index contributed by atoms with van der Waals surface area (Å²) in [5.74, 6) is 0.374. The van der Waals surface area contributed by atoms with Crippen molar-refractivity contribution in [3.63, 3.8) is 0 Å². The van der Waals surface area contributed by atoms with Crippen LogP contribution in [0.1, 0.15) is 38.1 Å². The van der Waals surface area contributed by atoms with Gasteiger partial charge in [-0.1, -0.05) is 32.4 Å². The number of amides is 1. The second-order valence-electron chi connectivity index (χ2n) is 6.41. The van der Waals surface area contributed by atoms with Crippen LogP contribution in [0.15, 0.2) is 12.1 Å². The molecule has 0 radical (unpaired) electrons. The lowest BCUT2D eigenvalue weighted by Crippen LogP contribution is -2.35. The molecular weight excluding hydrogens is 354 g/mol. The first-order chi connectivity index (χ1) is 12.3. The van der Waals surface area contributed by atoms with Gasteiger partial charge in [-0.3, -0.25) is 4.79 Å². The van der Waals surface area contributed by atoms with Crippen LogP contribution in [0.4, 0.5) is 5.69 Å². The highest BCUT2D eigenvalue weighted by atomic mass is 35.5. The molecule has 6 nitrogen and oxygen atoms in total. The van der Waals surface area contributed by atoms with Gasteiger partial charge in [-0.15, -0.1) is 0 Å². The summed E-state index contributed by atoms with van der Waals surface area (Å²) in [4.78, 5) is 14.9. The quantitative estimate of drug-likeness (QED) is 0.572. The van der Waals surface area contributed by atoms with Crippen molar-refractivity contribution in [2.24, 2.45) is 5.92 Å². The molecule has 148 valence electrons. The molecule has 0 aromatic heterocycles. The molecule has 1 amide bonds. The zero-order valence-corrected chi connectivity index (χ0v) is 17.2. The Morgan fingerprint density at radius 1 is 1.31 bits per heavy atom. The van der Waals surface area contributed by atoms with Crippen LogP contribution in [-0.4, -0.2) is 56.8 Å². The van der Waals surface area contributed by atoms with Crippen LogP contribution < -0.4 is 15.8 Å². The lowest BCUT2D eigenvalue weighted by atomic mass is 10.1. The largest absolute Gasteiger partial charge is 0.489 e. The number of carbonyl (C=O) groups is 1. The Balaban J connectivity index is 2.88. The summed E-state index contributed by atoms with van der Waals surface area (Å²) < 4.78 is 11.2. The molecule has 0 saturated heterocycles. The molecule has 1 aromatic rings. The molecule has 0 aliphatic rings. The number of halogens is 1. The van der Waals surface area contributed by atoms with E-state index in [1.54, 1.807) is 19.2 Å². The molecule has 7 heteroatoms. The van der Waals surface area contributed by atoms with Gasteiger partial charge in [0.05, 0.1) is 22.9 Å². The number of nitrogens with two attached hydrogens (primary N) is 1. The van der Waals surface area contributed by atoms with Crippen LogP contribution >= 0.6 is 11.6 Å². The zero-order chi connectivity index (χ0) is 19.7. The fourth-order valence-corrected chi connectivity index (χ4v) is 2.69. The molecule has 1 aromatic carbocycles. The van der Waals surface area contributed by atoms with Crippen LogP contribution in [0, 0.1) is 5.92 Å². The average molecular weight is 386 g/mol.